The summed E-state index contributed by atoms with van der Waals surface area (Å²) in [6.45, 7) is 8.83. The zero-order chi connectivity index (χ0) is 13.3. The molecule has 0 spiro atoms. The quantitative estimate of drug-likeness (QED) is 0.837. The van der Waals surface area contributed by atoms with Crippen molar-refractivity contribution in [2.24, 2.45) is 11.8 Å². The van der Waals surface area contributed by atoms with Gasteiger partial charge in [0.1, 0.15) is 0 Å². The molecule has 1 aliphatic carbocycles. The Morgan fingerprint density at radius 1 is 1.22 bits per heavy atom. The van der Waals surface area contributed by atoms with Crippen molar-refractivity contribution in [3.63, 3.8) is 0 Å². The molecule has 1 heterocycles. The monoisotopic (exact) mass is 252 g/mol. The molecule has 3 heteroatoms. The summed E-state index contributed by atoms with van der Waals surface area (Å²) < 4.78 is 0. The van der Waals surface area contributed by atoms with E-state index in [1.807, 2.05) is 0 Å². The fourth-order valence-corrected chi connectivity index (χ4v) is 3.47. The molecule has 1 saturated heterocycles. The molecule has 2 fully saturated rings. The lowest BCUT2D eigenvalue weighted by atomic mass is 9.86. The zero-order valence-electron chi connectivity index (χ0n) is 12.3. The highest BCUT2D eigenvalue weighted by atomic mass is 16.2. The van der Waals surface area contributed by atoms with Gasteiger partial charge in [-0.25, -0.2) is 0 Å². The van der Waals surface area contributed by atoms with Crippen LogP contribution in [0.15, 0.2) is 0 Å². The van der Waals surface area contributed by atoms with Gasteiger partial charge in [-0.3, -0.25) is 10.1 Å². The molecule has 0 aromatic rings. The van der Waals surface area contributed by atoms with Crippen molar-refractivity contribution in [1.82, 2.24) is 10.2 Å². The first-order chi connectivity index (χ1) is 8.49. The second kappa shape index (κ2) is 5.60. The predicted molar refractivity (Wildman–Crippen MR) is 74.1 cm³/mol. The molecule has 1 saturated carbocycles. The fraction of sp³-hybridized carbons (Fsp3) is 0.933. The molecule has 1 aliphatic heterocycles. The van der Waals surface area contributed by atoms with E-state index in [2.05, 4.69) is 37.9 Å². The van der Waals surface area contributed by atoms with Gasteiger partial charge in [-0.15, -0.1) is 0 Å². The fourth-order valence-electron chi connectivity index (χ4n) is 3.47. The van der Waals surface area contributed by atoms with E-state index >= 15 is 0 Å². The number of amides is 1. The second-order valence-electron chi connectivity index (χ2n) is 6.68. The minimum atomic E-state index is 0.0550. The largest absolute Gasteiger partial charge is 0.323 e. The van der Waals surface area contributed by atoms with Gasteiger partial charge in [0.15, 0.2) is 0 Å². The van der Waals surface area contributed by atoms with E-state index in [1.54, 1.807) is 0 Å². The average molecular weight is 252 g/mol. The minimum absolute atomic E-state index is 0.0550. The summed E-state index contributed by atoms with van der Waals surface area (Å²) in [7, 11) is 0. The molecule has 2 unspecified atom stereocenters. The smallest absolute Gasteiger partial charge is 0.241 e. The van der Waals surface area contributed by atoms with Crippen LogP contribution in [0.3, 0.4) is 0 Å². The first kappa shape index (κ1) is 13.9. The van der Waals surface area contributed by atoms with Gasteiger partial charge in [0, 0.05) is 6.04 Å². The van der Waals surface area contributed by atoms with Gasteiger partial charge in [-0.1, -0.05) is 20.8 Å². The van der Waals surface area contributed by atoms with Crippen molar-refractivity contribution >= 4 is 5.91 Å². The van der Waals surface area contributed by atoms with Crippen molar-refractivity contribution in [3.05, 3.63) is 0 Å². The van der Waals surface area contributed by atoms with Crippen LogP contribution in [0, 0.1) is 11.8 Å². The molecule has 104 valence electrons. The van der Waals surface area contributed by atoms with E-state index in [0.29, 0.717) is 17.9 Å². The summed E-state index contributed by atoms with van der Waals surface area (Å²) >= 11 is 0. The van der Waals surface area contributed by atoms with E-state index in [-0.39, 0.29) is 12.2 Å². The van der Waals surface area contributed by atoms with Crippen LogP contribution in [0.2, 0.25) is 0 Å². The average Bonchev–Trinajstić information content (AvgIpc) is 2.55. The van der Waals surface area contributed by atoms with Crippen LogP contribution in [-0.4, -0.2) is 29.1 Å². The van der Waals surface area contributed by atoms with Gasteiger partial charge in [0.05, 0.1) is 12.2 Å². The molecule has 0 radical (unpaired) electrons. The highest BCUT2D eigenvalue weighted by Crippen LogP contribution is 2.30. The Hall–Kier alpha value is -0.570. The van der Waals surface area contributed by atoms with Gasteiger partial charge in [0.25, 0.3) is 0 Å². The third-order valence-corrected chi connectivity index (χ3v) is 4.50. The lowest BCUT2D eigenvalue weighted by Gasteiger charge is -2.35. The number of nitrogens with zero attached hydrogens (tertiary/aromatic N) is 1. The van der Waals surface area contributed by atoms with E-state index in [9.17, 15) is 4.79 Å². The summed E-state index contributed by atoms with van der Waals surface area (Å²) in [5.41, 5.74) is 0. The Morgan fingerprint density at radius 3 is 2.39 bits per heavy atom. The molecule has 2 rings (SSSR count). The van der Waals surface area contributed by atoms with Crippen molar-refractivity contribution in [2.75, 3.05) is 0 Å². The molecule has 0 aromatic heterocycles. The third kappa shape index (κ3) is 2.87. The van der Waals surface area contributed by atoms with Gasteiger partial charge in [0.2, 0.25) is 5.91 Å². The lowest BCUT2D eigenvalue weighted by Crippen LogP contribution is -2.44. The zero-order valence-corrected chi connectivity index (χ0v) is 12.3. The SMILES string of the molecule is CC(C)CC1NC(C)N(C2CCC(C)CC2)C1=O. The first-order valence-electron chi connectivity index (χ1n) is 7.57. The summed E-state index contributed by atoms with van der Waals surface area (Å²) in [5, 5.41) is 3.47. The maximum absolute atomic E-state index is 12.5. The Morgan fingerprint density at radius 2 is 1.83 bits per heavy atom. The van der Waals surface area contributed by atoms with Crippen LogP contribution in [0.25, 0.3) is 0 Å². The normalized spacial score (nSPS) is 37.6. The van der Waals surface area contributed by atoms with Crippen LogP contribution < -0.4 is 5.32 Å². The molecule has 0 aromatic carbocycles. The number of rotatable bonds is 3. The Bertz CT molecular complexity index is 295. The van der Waals surface area contributed by atoms with E-state index in [0.717, 1.165) is 12.3 Å². The van der Waals surface area contributed by atoms with Crippen LogP contribution in [-0.2, 0) is 4.79 Å². The van der Waals surface area contributed by atoms with Crippen molar-refractivity contribution < 1.29 is 4.79 Å². The van der Waals surface area contributed by atoms with Crippen LogP contribution in [0.5, 0.6) is 0 Å². The van der Waals surface area contributed by atoms with E-state index < -0.39 is 0 Å². The number of hydrogen-bond acceptors (Lipinski definition) is 2. The summed E-state index contributed by atoms with van der Waals surface area (Å²) in [4.78, 5) is 14.6. The maximum Gasteiger partial charge on any atom is 0.241 e. The Kier molecular flexibility index (Phi) is 4.31. The first-order valence-corrected chi connectivity index (χ1v) is 7.57. The Labute approximate surface area is 111 Å². The lowest BCUT2D eigenvalue weighted by molar-refractivity contribution is -0.133. The minimum Gasteiger partial charge on any atom is -0.323 e. The van der Waals surface area contributed by atoms with Crippen LogP contribution in [0.1, 0.15) is 59.8 Å². The van der Waals surface area contributed by atoms with Crippen molar-refractivity contribution in [3.8, 4) is 0 Å². The third-order valence-electron chi connectivity index (χ3n) is 4.50. The maximum atomic E-state index is 12.5. The number of carbonyl (C=O) groups is 1. The highest BCUT2D eigenvalue weighted by molar-refractivity contribution is 5.84. The van der Waals surface area contributed by atoms with Crippen molar-refractivity contribution in [1.29, 1.82) is 0 Å². The molecule has 2 aliphatic rings. The van der Waals surface area contributed by atoms with Gasteiger partial charge in [-0.2, -0.15) is 0 Å². The molecule has 18 heavy (non-hydrogen) atoms. The molecule has 1 N–H and O–H groups in total. The molecular weight excluding hydrogens is 224 g/mol. The van der Waals surface area contributed by atoms with E-state index in [1.165, 1.54) is 25.7 Å². The molecule has 1 amide bonds. The van der Waals surface area contributed by atoms with Gasteiger partial charge >= 0.3 is 0 Å². The highest BCUT2D eigenvalue weighted by Gasteiger charge is 2.40. The topological polar surface area (TPSA) is 32.3 Å². The number of hydrogen-bond donors (Lipinski definition) is 1. The van der Waals surface area contributed by atoms with Gasteiger partial charge in [-0.05, 0) is 50.9 Å². The molecule has 3 nitrogen and oxygen atoms in total. The predicted octanol–water partition coefficient (Wildman–Crippen LogP) is 2.76. The second-order valence-corrected chi connectivity index (χ2v) is 6.68. The molecule has 0 bridgehead atoms. The van der Waals surface area contributed by atoms with Crippen molar-refractivity contribution in [2.45, 2.75) is 78.0 Å². The molecule has 2 atom stereocenters. The van der Waals surface area contributed by atoms with Crippen LogP contribution >= 0.6 is 0 Å². The standard InChI is InChI=1S/C15H28N2O/c1-10(2)9-14-15(18)17(12(4)16-14)13-7-5-11(3)6-8-13/h10-14,16H,5-9H2,1-4H3. The number of nitrogens with one attached hydrogen (secondary N) is 1. The summed E-state index contributed by atoms with van der Waals surface area (Å²) in [6, 6.07) is 0.535. The van der Waals surface area contributed by atoms with Gasteiger partial charge < -0.3 is 4.90 Å². The molecular formula is C15H28N2O. The summed E-state index contributed by atoms with van der Waals surface area (Å²) in [5.74, 6) is 1.76. The number of carbonyl (C=O) groups excluding carboxylic acids is 1. The van der Waals surface area contributed by atoms with E-state index in [4.69, 9.17) is 0 Å². The summed E-state index contributed by atoms with van der Waals surface area (Å²) in [6.07, 6.45) is 6.11. The Balaban J connectivity index is 1.98. The van der Waals surface area contributed by atoms with Crippen LogP contribution in [0.4, 0.5) is 0 Å².